The third-order valence-electron chi connectivity index (χ3n) is 4.77. The fourth-order valence-electron chi connectivity index (χ4n) is 3.29. The molecular weight excluding hydrogens is 354 g/mol. The van der Waals surface area contributed by atoms with Crippen LogP contribution in [0, 0.1) is 0 Å². The predicted molar refractivity (Wildman–Crippen MR) is 113 cm³/mol. The molecule has 3 nitrogen and oxygen atoms in total. The molecule has 138 valence electrons. The van der Waals surface area contributed by atoms with E-state index in [0.717, 1.165) is 43.1 Å². The highest BCUT2D eigenvalue weighted by Gasteiger charge is 2.14. The number of carbonyl (C=O) groups excluding carboxylic acids is 1. The summed E-state index contributed by atoms with van der Waals surface area (Å²) >= 11 is 1.90. The van der Waals surface area contributed by atoms with Crippen LogP contribution in [0.5, 0.6) is 5.75 Å². The molecule has 0 saturated carbocycles. The lowest BCUT2D eigenvalue weighted by Crippen LogP contribution is -2.18. The topological polar surface area (TPSA) is 38.3 Å². The number of benzene rings is 3. The van der Waals surface area contributed by atoms with Crippen LogP contribution in [0.4, 0.5) is 5.69 Å². The van der Waals surface area contributed by atoms with Crippen molar-refractivity contribution in [1.82, 2.24) is 0 Å². The summed E-state index contributed by atoms with van der Waals surface area (Å²) in [5.41, 5.74) is 2.09. The van der Waals surface area contributed by atoms with Crippen LogP contribution >= 0.6 is 11.8 Å². The third-order valence-corrected chi connectivity index (χ3v) is 5.85. The predicted octanol–water partition coefficient (Wildman–Crippen LogP) is 5.68. The van der Waals surface area contributed by atoms with Gasteiger partial charge in [-0.15, -0.1) is 11.8 Å². The van der Waals surface area contributed by atoms with Gasteiger partial charge in [0.25, 0.3) is 0 Å². The Hall–Kier alpha value is -2.46. The van der Waals surface area contributed by atoms with Gasteiger partial charge in [0, 0.05) is 17.0 Å². The van der Waals surface area contributed by atoms with Gasteiger partial charge < -0.3 is 10.1 Å². The highest BCUT2D eigenvalue weighted by atomic mass is 32.2. The summed E-state index contributed by atoms with van der Waals surface area (Å²) in [5.74, 6) is 2.09. The van der Waals surface area contributed by atoms with E-state index in [1.807, 2.05) is 23.9 Å². The number of ether oxygens (including phenoxy) is 1. The van der Waals surface area contributed by atoms with Gasteiger partial charge in [-0.1, -0.05) is 30.3 Å². The van der Waals surface area contributed by atoms with Crippen molar-refractivity contribution < 1.29 is 9.53 Å². The maximum Gasteiger partial charge on any atom is 0.224 e. The Kier molecular flexibility index (Phi) is 5.64. The van der Waals surface area contributed by atoms with Crippen LogP contribution < -0.4 is 10.1 Å². The zero-order valence-electron chi connectivity index (χ0n) is 15.2. The van der Waals surface area contributed by atoms with Gasteiger partial charge in [0.05, 0.1) is 6.61 Å². The molecule has 0 aliphatic carbocycles. The summed E-state index contributed by atoms with van der Waals surface area (Å²) in [5, 5.41) is 5.49. The van der Waals surface area contributed by atoms with Crippen molar-refractivity contribution in [3.63, 3.8) is 0 Å². The van der Waals surface area contributed by atoms with Gasteiger partial charge in [-0.25, -0.2) is 0 Å². The summed E-state index contributed by atoms with van der Waals surface area (Å²) < 4.78 is 5.89. The summed E-state index contributed by atoms with van der Waals surface area (Å²) in [6.07, 6.45) is 3.51. The van der Waals surface area contributed by atoms with Crippen molar-refractivity contribution in [2.45, 2.75) is 30.6 Å². The number of amides is 1. The fraction of sp³-hybridized carbons (Fsp3) is 0.261. The molecule has 1 heterocycles. The number of aryl methyl sites for hydroxylation is 1. The highest BCUT2D eigenvalue weighted by Crippen LogP contribution is 2.27. The molecule has 0 saturated heterocycles. The molecule has 4 rings (SSSR count). The Morgan fingerprint density at radius 2 is 1.81 bits per heavy atom. The normalized spacial score (nSPS) is 13.3. The second-order valence-electron chi connectivity index (χ2n) is 6.78. The second kappa shape index (κ2) is 8.49. The molecule has 0 bridgehead atoms. The van der Waals surface area contributed by atoms with E-state index in [2.05, 4.69) is 53.8 Å². The summed E-state index contributed by atoms with van der Waals surface area (Å²) in [6.45, 7) is 0.726. The monoisotopic (exact) mass is 377 g/mol. The van der Waals surface area contributed by atoms with Crippen LogP contribution in [0.25, 0.3) is 10.8 Å². The van der Waals surface area contributed by atoms with Crippen LogP contribution in [0.1, 0.15) is 24.8 Å². The average Bonchev–Trinajstić information content (AvgIpc) is 2.70. The number of hydrogen-bond acceptors (Lipinski definition) is 3. The Bertz CT molecular complexity index is 954. The molecular formula is C23H23NO2S. The quantitative estimate of drug-likeness (QED) is 0.425. The molecule has 3 aromatic rings. The van der Waals surface area contributed by atoms with Gasteiger partial charge in [-0.2, -0.15) is 0 Å². The molecule has 3 aromatic carbocycles. The first-order chi connectivity index (χ1) is 13.3. The van der Waals surface area contributed by atoms with Gasteiger partial charge >= 0.3 is 0 Å². The van der Waals surface area contributed by atoms with E-state index in [1.165, 1.54) is 21.2 Å². The van der Waals surface area contributed by atoms with Crippen LogP contribution in [-0.4, -0.2) is 18.3 Å². The van der Waals surface area contributed by atoms with E-state index >= 15 is 0 Å². The number of carbonyl (C=O) groups is 1. The fourth-order valence-corrected chi connectivity index (χ4v) is 4.25. The molecule has 1 aliphatic heterocycles. The van der Waals surface area contributed by atoms with E-state index in [4.69, 9.17) is 4.74 Å². The van der Waals surface area contributed by atoms with Crippen LogP contribution in [0.15, 0.2) is 65.6 Å². The van der Waals surface area contributed by atoms with Gasteiger partial charge in [0.15, 0.2) is 0 Å². The molecule has 0 spiro atoms. The van der Waals surface area contributed by atoms with Crippen molar-refractivity contribution in [3.05, 3.63) is 66.2 Å². The number of nitrogens with one attached hydrogen (secondary N) is 1. The first-order valence-corrected chi connectivity index (χ1v) is 10.4. The minimum Gasteiger partial charge on any atom is -0.494 e. The first kappa shape index (κ1) is 17.9. The zero-order chi connectivity index (χ0) is 18.5. The van der Waals surface area contributed by atoms with E-state index in [9.17, 15) is 4.79 Å². The second-order valence-corrected chi connectivity index (χ2v) is 7.95. The number of fused-ring (bicyclic) bond motifs is 2. The maximum absolute atomic E-state index is 11.4. The Morgan fingerprint density at radius 3 is 2.74 bits per heavy atom. The van der Waals surface area contributed by atoms with E-state index in [1.54, 1.807) is 0 Å². The first-order valence-electron chi connectivity index (χ1n) is 9.45. The van der Waals surface area contributed by atoms with Gasteiger partial charge in [0.2, 0.25) is 5.91 Å². The van der Waals surface area contributed by atoms with Crippen LogP contribution in [-0.2, 0) is 11.2 Å². The van der Waals surface area contributed by atoms with E-state index < -0.39 is 0 Å². The molecule has 0 fully saturated rings. The number of anilines is 1. The van der Waals surface area contributed by atoms with Crippen molar-refractivity contribution in [1.29, 1.82) is 0 Å². The maximum atomic E-state index is 11.4. The van der Waals surface area contributed by atoms with E-state index in [0.29, 0.717) is 6.42 Å². The average molecular weight is 378 g/mol. The van der Waals surface area contributed by atoms with Crippen molar-refractivity contribution >= 4 is 34.1 Å². The van der Waals surface area contributed by atoms with Crippen molar-refractivity contribution in [2.24, 2.45) is 0 Å². The highest BCUT2D eigenvalue weighted by molar-refractivity contribution is 7.99. The largest absolute Gasteiger partial charge is 0.494 e. The molecule has 0 aromatic heterocycles. The molecule has 1 N–H and O–H groups in total. The Labute approximate surface area is 164 Å². The summed E-state index contributed by atoms with van der Waals surface area (Å²) in [4.78, 5) is 12.7. The van der Waals surface area contributed by atoms with Crippen LogP contribution in [0.3, 0.4) is 0 Å². The number of unbranched alkanes of at least 4 members (excludes halogenated alkanes) is 1. The van der Waals surface area contributed by atoms with Gasteiger partial charge in [-0.3, -0.25) is 4.79 Å². The molecule has 0 unspecified atom stereocenters. The zero-order valence-corrected chi connectivity index (χ0v) is 16.1. The number of thioether (sulfide) groups is 1. The van der Waals surface area contributed by atoms with Gasteiger partial charge in [-0.05, 0) is 71.7 Å². The molecule has 1 amide bonds. The van der Waals surface area contributed by atoms with Gasteiger partial charge in [0.1, 0.15) is 5.75 Å². The lowest BCUT2D eigenvalue weighted by molar-refractivity contribution is -0.116. The summed E-state index contributed by atoms with van der Waals surface area (Å²) in [6, 6.07) is 21.1. The molecule has 1 aliphatic rings. The Balaban J connectivity index is 1.20. The van der Waals surface area contributed by atoms with E-state index in [-0.39, 0.29) is 5.91 Å². The molecule has 27 heavy (non-hydrogen) atoms. The minimum atomic E-state index is 0.0973. The van der Waals surface area contributed by atoms with Crippen molar-refractivity contribution in [3.8, 4) is 5.75 Å². The minimum absolute atomic E-state index is 0.0973. The summed E-state index contributed by atoms with van der Waals surface area (Å²) in [7, 11) is 0. The SMILES string of the molecule is O=C1CCc2cc(OCCCCSc3ccc4ccccc4c3)ccc2N1. The molecule has 4 heteroatoms. The van der Waals surface area contributed by atoms with Crippen LogP contribution in [0.2, 0.25) is 0 Å². The van der Waals surface area contributed by atoms with Crippen molar-refractivity contribution in [2.75, 3.05) is 17.7 Å². The lowest BCUT2D eigenvalue weighted by Gasteiger charge is -2.17. The standard InChI is InChI=1S/C23H23NO2S/c25-23-12-8-19-15-20(9-11-22(19)24-23)26-13-3-4-14-27-21-10-7-17-5-1-2-6-18(17)16-21/h1-2,5-7,9-11,15-16H,3-4,8,12-14H2,(H,24,25). The third kappa shape index (κ3) is 4.64. The number of rotatable bonds is 7. The molecule has 0 radical (unpaired) electrons. The lowest BCUT2D eigenvalue weighted by atomic mass is 10.0. The molecule has 0 atom stereocenters. The number of hydrogen-bond donors (Lipinski definition) is 1. The Morgan fingerprint density at radius 1 is 0.926 bits per heavy atom. The smallest absolute Gasteiger partial charge is 0.224 e.